The number of thiazole rings is 1. The standard InChI is InChI=1S/C26H31N3O2S2/c1-20-9-13-22(14-10-20)27-26-29(23-7-3-2-4-8-23)25(19-32-26)21-11-15-24(16-12-21)33(30,31)28-17-5-6-18-28/h9-16,19,23H,2-8,17-18H2,1H3. The molecule has 1 aliphatic heterocycles. The minimum absolute atomic E-state index is 0.386. The minimum Gasteiger partial charge on any atom is -0.313 e. The third-order valence-electron chi connectivity index (χ3n) is 6.79. The summed E-state index contributed by atoms with van der Waals surface area (Å²) in [5, 5.41) is 2.17. The van der Waals surface area contributed by atoms with Crippen molar-refractivity contribution in [2.45, 2.75) is 62.8 Å². The van der Waals surface area contributed by atoms with Gasteiger partial charge in [-0.15, -0.1) is 11.3 Å². The molecule has 0 radical (unpaired) electrons. The fourth-order valence-electron chi connectivity index (χ4n) is 4.91. The van der Waals surface area contributed by atoms with Gasteiger partial charge in [0.2, 0.25) is 10.0 Å². The van der Waals surface area contributed by atoms with E-state index in [4.69, 9.17) is 4.99 Å². The summed E-state index contributed by atoms with van der Waals surface area (Å²) in [6.45, 7) is 3.34. The summed E-state index contributed by atoms with van der Waals surface area (Å²) >= 11 is 1.66. The van der Waals surface area contributed by atoms with Crippen LogP contribution in [0.5, 0.6) is 0 Å². The maximum Gasteiger partial charge on any atom is 0.243 e. The fourth-order valence-corrected chi connectivity index (χ4v) is 7.41. The fraction of sp³-hybridized carbons (Fsp3) is 0.423. The van der Waals surface area contributed by atoms with Crippen molar-refractivity contribution in [1.29, 1.82) is 0 Å². The zero-order chi connectivity index (χ0) is 22.8. The molecular formula is C26H31N3O2S2. The highest BCUT2D eigenvalue weighted by Crippen LogP contribution is 2.33. The van der Waals surface area contributed by atoms with E-state index in [9.17, 15) is 8.42 Å². The quantitative estimate of drug-likeness (QED) is 0.446. The van der Waals surface area contributed by atoms with E-state index >= 15 is 0 Å². The number of benzene rings is 2. The van der Waals surface area contributed by atoms with Crippen LogP contribution in [-0.2, 0) is 10.0 Å². The van der Waals surface area contributed by atoms with Gasteiger partial charge in [-0.3, -0.25) is 0 Å². The van der Waals surface area contributed by atoms with Crippen molar-refractivity contribution in [3.05, 3.63) is 64.3 Å². The zero-order valence-corrected chi connectivity index (χ0v) is 20.7. The highest BCUT2D eigenvalue weighted by molar-refractivity contribution is 7.89. The summed E-state index contributed by atoms with van der Waals surface area (Å²) < 4.78 is 29.9. The van der Waals surface area contributed by atoms with Crippen LogP contribution in [0, 0.1) is 6.92 Å². The van der Waals surface area contributed by atoms with E-state index in [2.05, 4.69) is 41.1 Å². The number of hydrogen-bond acceptors (Lipinski definition) is 4. The summed E-state index contributed by atoms with van der Waals surface area (Å²) in [5.74, 6) is 0. The lowest BCUT2D eigenvalue weighted by atomic mass is 9.95. The molecule has 7 heteroatoms. The second-order valence-corrected chi connectivity index (χ2v) is 11.9. The minimum atomic E-state index is -3.40. The summed E-state index contributed by atoms with van der Waals surface area (Å²) in [4.78, 5) is 6.39. The van der Waals surface area contributed by atoms with Crippen molar-refractivity contribution in [3.63, 3.8) is 0 Å². The van der Waals surface area contributed by atoms with E-state index in [-0.39, 0.29) is 0 Å². The van der Waals surface area contributed by atoms with E-state index in [1.54, 1.807) is 27.8 Å². The Morgan fingerprint density at radius 3 is 2.21 bits per heavy atom. The average Bonchev–Trinajstić information content (AvgIpc) is 3.52. The van der Waals surface area contributed by atoms with Crippen LogP contribution < -0.4 is 4.80 Å². The molecule has 2 aromatic carbocycles. The number of nitrogens with zero attached hydrogens (tertiary/aromatic N) is 3. The van der Waals surface area contributed by atoms with Gasteiger partial charge in [-0.1, -0.05) is 49.1 Å². The third kappa shape index (κ3) is 4.72. The molecule has 2 fully saturated rings. The summed E-state index contributed by atoms with van der Waals surface area (Å²) in [6, 6.07) is 16.2. The molecular weight excluding hydrogens is 450 g/mol. The van der Waals surface area contributed by atoms with Crippen molar-refractivity contribution in [1.82, 2.24) is 8.87 Å². The van der Waals surface area contributed by atoms with Crippen LogP contribution in [-0.4, -0.2) is 30.4 Å². The molecule has 0 unspecified atom stereocenters. The van der Waals surface area contributed by atoms with Crippen LogP contribution in [0.2, 0.25) is 0 Å². The van der Waals surface area contributed by atoms with Gasteiger partial charge in [0, 0.05) is 24.5 Å². The van der Waals surface area contributed by atoms with E-state index in [1.807, 2.05) is 12.1 Å². The van der Waals surface area contributed by atoms with Gasteiger partial charge in [0.1, 0.15) is 0 Å². The van der Waals surface area contributed by atoms with Gasteiger partial charge in [-0.25, -0.2) is 13.4 Å². The van der Waals surface area contributed by atoms with Crippen molar-refractivity contribution < 1.29 is 8.42 Å². The zero-order valence-electron chi connectivity index (χ0n) is 19.1. The smallest absolute Gasteiger partial charge is 0.243 e. The first-order valence-electron chi connectivity index (χ1n) is 11.9. The second kappa shape index (κ2) is 9.57. The number of aromatic nitrogens is 1. The van der Waals surface area contributed by atoms with Crippen LogP contribution >= 0.6 is 11.3 Å². The van der Waals surface area contributed by atoms with Crippen molar-refractivity contribution in [2.75, 3.05) is 13.1 Å². The summed E-state index contributed by atoms with van der Waals surface area (Å²) in [5.41, 5.74) is 4.36. The maximum absolute atomic E-state index is 12.9. The Labute approximate surface area is 200 Å². The molecule has 1 aromatic heterocycles. The highest BCUT2D eigenvalue weighted by Gasteiger charge is 2.27. The van der Waals surface area contributed by atoms with Gasteiger partial charge >= 0.3 is 0 Å². The van der Waals surface area contributed by atoms with Gasteiger partial charge in [0.05, 0.1) is 16.3 Å². The average molecular weight is 482 g/mol. The van der Waals surface area contributed by atoms with E-state index in [0.717, 1.165) is 47.4 Å². The van der Waals surface area contributed by atoms with Gasteiger partial charge in [0.15, 0.2) is 4.80 Å². The van der Waals surface area contributed by atoms with Crippen molar-refractivity contribution in [2.24, 2.45) is 4.99 Å². The molecule has 3 aromatic rings. The van der Waals surface area contributed by atoms with Gasteiger partial charge < -0.3 is 4.57 Å². The lowest BCUT2D eigenvalue weighted by Crippen LogP contribution is -2.27. The van der Waals surface area contributed by atoms with Gasteiger partial charge in [0.25, 0.3) is 0 Å². The molecule has 0 N–H and O–H groups in total. The molecule has 1 saturated carbocycles. The van der Waals surface area contributed by atoms with Crippen molar-refractivity contribution >= 4 is 27.0 Å². The first-order chi connectivity index (χ1) is 16.0. The Balaban J connectivity index is 1.53. The molecule has 2 heterocycles. The number of sulfonamides is 1. The van der Waals surface area contributed by atoms with Crippen LogP contribution in [0.25, 0.3) is 11.3 Å². The van der Waals surface area contributed by atoms with E-state index in [0.29, 0.717) is 24.0 Å². The molecule has 33 heavy (non-hydrogen) atoms. The van der Waals surface area contributed by atoms with Crippen LogP contribution in [0.1, 0.15) is 56.6 Å². The van der Waals surface area contributed by atoms with E-state index in [1.165, 1.54) is 24.8 Å². The summed E-state index contributed by atoms with van der Waals surface area (Å²) in [6.07, 6.45) is 7.98. The molecule has 174 valence electrons. The molecule has 0 spiro atoms. The van der Waals surface area contributed by atoms with Crippen molar-refractivity contribution in [3.8, 4) is 11.3 Å². The first kappa shape index (κ1) is 22.6. The SMILES string of the molecule is Cc1ccc(N=c2scc(-c3ccc(S(=O)(=O)N4CCCC4)cc3)n2C2CCCCC2)cc1. The molecule has 2 aliphatic rings. The lowest BCUT2D eigenvalue weighted by Gasteiger charge is -2.25. The Morgan fingerprint density at radius 1 is 0.879 bits per heavy atom. The Hall–Kier alpha value is -2.22. The van der Waals surface area contributed by atoms with Gasteiger partial charge in [-0.05, 0) is 62.4 Å². The number of rotatable bonds is 5. The third-order valence-corrected chi connectivity index (χ3v) is 9.55. The molecule has 1 aliphatic carbocycles. The molecule has 5 nitrogen and oxygen atoms in total. The predicted octanol–water partition coefficient (Wildman–Crippen LogP) is 6.05. The normalized spacial score (nSPS) is 18.8. The van der Waals surface area contributed by atoms with Gasteiger partial charge in [-0.2, -0.15) is 4.31 Å². The Bertz CT molecular complexity index is 1260. The first-order valence-corrected chi connectivity index (χ1v) is 14.3. The lowest BCUT2D eigenvalue weighted by molar-refractivity contribution is 0.351. The molecule has 5 rings (SSSR count). The van der Waals surface area contributed by atoms with Crippen LogP contribution in [0.4, 0.5) is 5.69 Å². The van der Waals surface area contributed by atoms with Crippen LogP contribution in [0.3, 0.4) is 0 Å². The number of aryl methyl sites for hydroxylation is 1. The Morgan fingerprint density at radius 2 is 1.55 bits per heavy atom. The predicted molar refractivity (Wildman–Crippen MR) is 134 cm³/mol. The Kier molecular flexibility index (Phi) is 6.54. The molecule has 0 atom stereocenters. The number of hydrogen-bond donors (Lipinski definition) is 0. The molecule has 0 amide bonds. The highest BCUT2D eigenvalue weighted by atomic mass is 32.2. The largest absolute Gasteiger partial charge is 0.313 e. The van der Waals surface area contributed by atoms with Crippen LogP contribution in [0.15, 0.2) is 63.8 Å². The monoisotopic (exact) mass is 481 g/mol. The molecule has 0 bridgehead atoms. The topological polar surface area (TPSA) is 54.7 Å². The van der Waals surface area contributed by atoms with E-state index < -0.39 is 10.0 Å². The maximum atomic E-state index is 12.9. The molecule has 1 saturated heterocycles. The summed E-state index contributed by atoms with van der Waals surface area (Å²) in [7, 11) is -3.40. The second-order valence-electron chi connectivity index (χ2n) is 9.15.